The lowest BCUT2D eigenvalue weighted by Crippen LogP contribution is -2.07. The van der Waals surface area contributed by atoms with Gasteiger partial charge in [0.05, 0.1) is 6.07 Å². The monoisotopic (exact) mass is 343 g/mol. The van der Waals surface area contributed by atoms with Gasteiger partial charge in [0.25, 0.3) is 0 Å². The molecule has 0 saturated heterocycles. The zero-order valence-electron chi connectivity index (χ0n) is 13.4. The third kappa shape index (κ3) is 3.27. The van der Waals surface area contributed by atoms with Crippen molar-refractivity contribution < 1.29 is 23.3 Å². The molecule has 0 unspecified atom stereocenters. The summed E-state index contributed by atoms with van der Waals surface area (Å²) in [5, 5.41) is 11.2. The Hall–Kier alpha value is -3.42. The lowest BCUT2D eigenvalue weighted by molar-refractivity contribution is -0.402. The fourth-order valence-electron chi connectivity index (χ4n) is 2.35. The SMILES string of the molecule is Cc1cc2oc(=O)cc(COC(=O)c3ccc([N+](=O)[O-])o3)c2cc1C. The second-order valence-corrected chi connectivity index (χ2v) is 5.49. The van der Waals surface area contributed by atoms with E-state index in [1.807, 2.05) is 19.9 Å². The maximum atomic E-state index is 12.0. The van der Waals surface area contributed by atoms with Crippen LogP contribution in [0.15, 0.2) is 44.0 Å². The van der Waals surface area contributed by atoms with Crippen molar-refractivity contribution in [3.63, 3.8) is 0 Å². The van der Waals surface area contributed by atoms with Crippen LogP contribution in [0.2, 0.25) is 0 Å². The number of nitro groups is 1. The number of hydrogen-bond acceptors (Lipinski definition) is 7. The Morgan fingerprint density at radius 3 is 2.56 bits per heavy atom. The number of ether oxygens (including phenoxy) is 1. The van der Waals surface area contributed by atoms with Gasteiger partial charge < -0.3 is 13.6 Å². The molecule has 0 saturated carbocycles. The maximum Gasteiger partial charge on any atom is 0.433 e. The molecule has 2 heterocycles. The molecule has 0 N–H and O–H groups in total. The lowest BCUT2D eigenvalue weighted by atomic mass is 10.0. The second kappa shape index (κ2) is 6.23. The molecule has 0 aliphatic rings. The summed E-state index contributed by atoms with van der Waals surface area (Å²) in [5.74, 6) is -1.70. The topological polar surface area (TPSA) is 113 Å². The molecular weight excluding hydrogens is 330 g/mol. The fourth-order valence-corrected chi connectivity index (χ4v) is 2.35. The van der Waals surface area contributed by atoms with E-state index in [1.54, 1.807) is 6.07 Å². The minimum Gasteiger partial charge on any atom is -0.455 e. The van der Waals surface area contributed by atoms with Crippen LogP contribution in [0.25, 0.3) is 11.0 Å². The Morgan fingerprint density at radius 2 is 1.88 bits per heavy atom. The van der Waals surface area contributed by atoms with Crippen LogP contribution in [0.3, 0.4) is 0 Å². The number of carbonyl (C=O) groups is 1. The van der Waals surface area contributed by atoms with Crippen LogP contribution in [0, 0.1) is 24.0 Å². The number of aryl methyl sites for hydroxylation is 2. The van der Waals surface area contributed by atoms with Crippen molar-refractivity contribution >= 4 is 22.8 Å². The largest absolute Gasteiger partial charge is 0.455 e. The summed E-state index contributed by atoms with van der Waals surface area (Å²) < 4.78 is 15.1. The molecular formula is C17H13NO7. The van der Waals surface area contributed by atoms with Crippen molar-refractivity contribution in [3.8, 4) is 0 Å². The number of benzene rings is 1. The molecule has 0 atom stereocenters. The summed E-state index contributed by atoms with van der Waals surface area (Å²) in [4.78, 5) is 33.5. The number of fused-ring (bicyclic) bond motifs is 1. The number of carbonyl (C=O) groups excluding carboxylic acids is 1. The van der Waals surface area contributed by atoms with E-state index in [2.05, 4.69) is 0 Å². The van der Waals surface area contributed by atoms with Gasteiger partial charge >= 0.3 is 17.5 Å². The predicted octanol–water partition coefficient (Wildman–Crippen LogP) is 3.27. The van der Waals surface area contributed by atoms with E-state index >= 15 is 0 Å². The van der Waals surface area contributed by atoms with Crippen LogP contribution in [0.4, 0.5) is 5.88 Å². The highest BCUT2D eigenvalue weighted by atomic mass is 16.7. The molecule has 128 valence electrons. The average molecular weight is 343 g/mol. The van der Waals surface area contributed by atoms with Crippen LogP contribution < -0.4 is 5.63 Å². The van der Waals surface area contributed by atoms with E-state index in [9.17, 15) is 19.7 Å². The normalized spacial score (nSPS) is 10.8. The van der Waals surface area contributed by atoms with E-state index in [0.29, 0.717) is 16.5 Å². The Balaban J connectivity index is 1.87. The van der Waals surface area contributed by atoms with E-state index in [0.717, 1.165) is 23.3 Å². The first kappa shape index (κ1) is 16.4. The highest BCUT2D eigenvalue weighted by Gasteiger charge is 2.19. The van der Waals surface area contributed by atoms with Crippen molar-refractivity contribution in [1.29, 1.82) is 0 Å². The Kier molecular flexibility index (Phi) is 4.10. The van der Waals surface area contributed by atoms with Crippen LogP contribution >= 0.6 is 0 Å². The molecule has 0 fully saturated rings. The smallest absolute Gasteiger partial charge is 0.433 e. The number of furan rings is 1. The summed E-state index contributed by atoms with van der Waals surface area (Å²) in [6.07, 6.45) is 0. The molecule has 2 aromatic heterocycles. The molecule has 0 amide bonds. The van der Waals surface area contributed by atoms with Crippen LogP contribution in [-0.4, -0.2) is 10.9 Å². The van der Waals surface area contributed by atoms with Crippen molar-refractivity contribution in [1.82, 2.24) is 0 Å². The standard InChI is InChI=1S/C17H13NO7/c1-9-5-12-11(7-16(19)25-14(12)6-10(9)2)8-23-17(20)13-3-4-15(24-13)18(21)22/h3-7H,8H2,1-2H3. The van der Waals surface area contributed by atoms with Gasteiger partial charge in [0.1, 0.15) is 17.1 Å². The Labute approximate surface area is 140 Å². The summed E-state index contributed by atoms with van der Waals surface area (Å²) in [6, 6.07) is 7.05. The van der Waals surface area contributed by atoms with Gasteiger partial charge in [-0.25, -0.2) is 9.59 Å². The van der Waals surface area contributed by atoms with E-state index in [1.165, 1.54) is 6.07 Å². The molecule has 25 heavy (non-hydrogen) atoms. The summed E-state index contributed by atoms with van der Waals surface area (Å²) >= 11 is 0. The van der Waals surface area contributed by atoms with E-state index in [4.69, 9.17) is 13.6 Å². The van der Waals surface area contributed by atoms with Gasteiger partial charge in [-0.15, -0.1) is 0 Å². The van der Waals surface area contributed by atoms with Crippen molar-refractivity contribution in [2.24, 2.45) is 0 Å². The molecule has 0 spiro atoms. The van der Waals surface area contributed by atoms with Gasteiger partial charge in [-0.2, -0.15) is 0 Å². The minimum absolute atomic E-state index is 0.196. The van der Waals surface area contributed by atoms with Gasteiger partial charge in [0.15, 0.2) is 0 Å². The highest BCUT2D eigenvalue weighted by Crippen LogP contribution is 2.23. The van der Waals surface area contributed by atoms with Crippen LogP contribution in [-0.2, 0) is 11.3 Å². The third-order valence-electron chi connectivity index (χ3n) is 3.78. The summed E-state index contributed by atoms with van der Waals surface area (Å²) in [6.45, 7) is 3.61. The molecule has 3 aromatic rings. The minimum atomic E-state index is -0.863. The zero-order chi connectivity index (χ0) is 18.1. The molecule has 8 nitrogen and oxygen atoms in total. The van der Waals surface area contributed by atoms with Crippen LogP contribution in [0.1, 0.15) is 27.2 Å². The maximum absolute atomic E-state index is 12.0. The number of rotatable bonds is 4. The first-order chi connectivity index (χ1) is 11.8. The van der Waals surface area contributed by atoms with Gasteiger partial charge in [-0.05, 0) is 43.2 Å². The van der Waals surface area contributed by atoms with Gasteiger partial charge in [-0.3, -0.25) is 10.1 Å². The Bertz CT molecular complexity index is 1040. The predicted molar refractivity (Wildman–Crippen MR) is 86.4 cm³/mol. The van der Waals surface area contributed by atoms with Crippen molar-refractivity contribution in [3.05, 3.63) is 73.3 Å². The molecule has 1 aromatic carbocycles. The molecule has 8 heteroatoms. The van der Waals surface area contributed by atoms with Gasteiger partial charge in [0.2, 0.25) is 5.76 Å². The Morgan fingerprint density at radius 1 is 1.16 bits per heavy atom. The van der Waals surface area contributed by atoms with Crippen LogP contribution in [0.5, 0.6) is 0 Å². The van der Waals surface area contributed by atoms with E-state index < -0.39 is 22.4 Å². The number of esters is 1. The number of hydrogen-bond donors (Lipinski definition) is 0. The lowest BCUT2D eigenvalue weighted by Gasteiger charge is -2.08. The van der Waals surface area contributed by atoms with Crippen molar-refractivity contribution in [2.75, 3.05) is 0 Å². The van der Waals surface area contributed by atoms with Gasteiger partial charge in [0, 0.05) is 17.0 Å². The second-order valence-electron chi connectivity index (χ2n) is 5.49. The highest BCUT2D eigenvalue weighted by molar-refractivity contribution is 5.87. The summed E-state index contributed by atoms with van der Waals surface area (Å²) in [5.41, 5.74) is 2.28. The molecule has 0 bridgehead atoms. The summed E-state index contributed by atoms with van der Waals surface area (Å²) in [7, 11) is 0. The van der Waals surface area contributed by atoms with Crippen molar-refractivity contribution in [2.45, 2.75) is 20.5 Å². The first-order valence-electron chi connectivity index (χ1n) is 7.30. The third-order valence-corrected chi connectivity index (χ3v) is 3.78. The zero-order valence-corrected chi connectivity index (χ0v) is 13.4. The van der Waals surface area contributed by atoms with Gasteiger partial charge in [-0.1, -0.05) is 0 Å². The average Bonchev–Trinajstić information content (AvgIpc) is 3.04. The molecule has 3 rings (SSSR count). The number of nitrogens with zero attached hydrogens (tertiary/aromatic N) is 1. The quantitative estimate of drug-likeness (QED) is 0.309. The van der Waals surface area contributed by atoms with E-state index in [-0.39, 0.29) is 12.4 Å². The molecule has 0 aliphatic heterocycles. The first-order valence-corrected chi connectivity index (χ1v) is 7.30. The molecule has 0 aliphatic carbocycles. The fraction of sp³-hybridized carbons (Fsp3) is 0.176. The molecule has 0 radical (unpaired) electrons.